The lowest BCUT2D eigenvalue weighted by molar-refractivity contribution is -0.143. The van der Waals surface area contributed by atoms with E-state index in [2.05, 4.69) is 5.32 Å². The summed E-state index contributed by atoms with van der Waals surface area (Å²) in [6, 6.07) is 9.44. The molecule has 1 atom stereocenters. The number of carbonyl (C=O) groups is 2. The van der Waals surface area contributed by atoms with Gasteiger partial charge < -0.3 is 14.5 Å². The van der Waals surface area contributed by atoms with E-state index in [1.54, 1.807) is 42.2 Å². The summed E-state index contributed by atoms with van der Waals surface area (Å²) in [4.78, 5) is 30.1. The van der Waals surface area contributed by atoms with Gasteiger partial charge in [-0.2, -0.15) is 26.3 Å². The van der Waals surface area contributed by atoms with Crippen LogP contribution >= 0.6 is 0 Å². The number of nitrogens with zero attached hydrogens (tertiary/aromatic N) is 3. The zero-order valence-electron chi connectivity index (χ0n) is 22.5. The molecule has 1 heterocycles. The van der Waals surface area contributed by atoms with Gasteiger partial charge in [0.1, 0.15) is 6.04 Å². The normalized spacial score (nSPS) is 15.3. The Kier molecular flexibility index (Phi) is 10.2. The molecular formula is C27H31F6N5O3. The zero-order chi connectivity index (χ0) is 30.4. The molecule has 0 aromatic heterocycles. The number of ether oxygens (including phenoxy) is 1. The predicted octanol–water partition coefficient (Wildman–Crippen LogP) is 4.76. The van der Waals surface area contributed by atoms with Crippen LogP contribution in [-0.4, -0.2) is 79.0 Å². The minimum Gasteiger partial charge on any atom is -0.450 e. The molecule has 0 spiro atoms. The Morgan fingerprint density at radius 1 is 0.976 bits per heavy atom. The van der Waals surface area contributed by atoms with Crippen molar-refractivity contribution < 1.29 is 40.7 Å². The van der Waals surface area contributed by atoms with Crippen LogP contribution in [-0.2, 0) is 28.3 Å². The van der Waals surface area contributed by atoms with Crippen LogP contribution < -0.4 is 5.32 Å². The second kappa shape index (κ2) is 13.2. The fourth-order valence-electron chi connectivity index (χ4n) is 4.47. The Morgan fingerprint density at radius 3 is 2.05 bits per heavy atom. The fourth-order valence-corrected chi connectivity index (χ4v) is 4.47. The number of nitrogens with one attached hydrogen (secondary N) is 2. The standard InChI is InChI=1S/C27H31F6N5O3/c1-3-41-25(40)35-24(34)38-13-11-37(12-14-38)22(19-7-5-4-6-8-19)23(39)36(2)10-9-18-15-20(26(28,29)30)17-21(16-18)27(31,32)33/h4-8,15-17,22H,3,9-14H2,1-2H3,(H2,34,35,40). The summed E-state index contributed by atoms with van der Waals surface area (Å²) in [5, 5.41) is 10.4. The number of hydrogen-bond donors (Lipinski definition) is 2. The maximum Gasteiger partial charge on any atom is 0.416 e. The van der Waals surface area contributed by atoms with Gasteiger partial charge in [0.05, 0.1) is 17.7 Å². The number of guanidine groups is 1. The number of alkyl carbamates (subject to hydrolysis) is 1. The lowest BCUT2D eigenvalue weighted by Gasteiger charge is -2.40. The minimum atomic E-state index is -4.96. The SMILES string of the molecule is CCOC(=O)NC(=N)N1CCN(C(C(=O)N(C)CCc2cc(C(F)(F)F)cc(C(F)(F)F)c2)c2ccccc2)CC1. The van der Waals surface area contributed by atoms with Gasteiger partial charge in [-0.25, -0.2) is 4.79 Å². The lowest BCUT2D eigenvalue weighted by Crippen LogP contribution is -2.55. The molecule has 2 aromatic carbocycles. The number of piperazine rings is 1. The first-order valence-corrected chi connectivity index (χ1v) is 12.8. The first kappa shape index (κ1) is 31.7. The number of benzene rings is 2. The van der Waals surface area contributed by atoms with E-state index >= 15 is 0 Å². The highest BCUT2D eigenvalue weighted by atomic mass is 19.4. The average Bonchev–Trinajstić information content (AvgIpc) is 2.91. The third-order valence-electron chi connectivity index (χ3n) is 6.60. The molecule has 3 rings (SSSR count). The van der Waals surface area contributed by atoms with Crippen LogP contribution in [0.15, 0.2) is 48.5 Å². The van der Waals surface area contributed by atoms with E-state index in [9.17, 15) is 35.9 Å². The third kappa shape index (κ3) is 8.59. The Labute approximate surface area is 233 Å². The Morgan fingerprint density at radius 2 is 1.54 bits per heavy atom. The largest absolute Gasteiger partial charge is 0.450 e. The van der Waals surface area contributed by atoms with Crippen LogP contribution in [0.4, 0.5) is 31.1 Å². The summed E-state index contributed by atoms with van der Waals surface area (Å²) in [6.07, 6.45) is -10.9. The van der Waals surface area contributed by atoms with E-state index in [4.69, 9.17) is 10.1 Å². The molecule has 41 heavy (non-hydrogen) atoms. The van der Waals surface area contributed by atoms with E-state index in [-0.39, 0.29) is 43.1 Å². The molecule has 1 saturated heterocycles. The molecule has 224 valence electrons. The summed E-state index contributed by atoms with van der Waals surface area (Å²) in [5.74, 6) is -0.519. The molecule has 0 radical (unpaired) electrons. The second-order valence-corrected chi connectivity index (χ2v) is 9.45. The van der Waals surface area contributed by atoms with Crippen LogP contribution in [0.25, 0.3) is 0 Å². The molecule has 0 saturated carbocycles. The van der Waals surface area contributed by atoms with Crippen molar-refractivity contribution in [2.24, 2.45) is 0 Å². The van der Waals surface area contributed by atoms with Crippen molar-refractivity contribution in [1.82, 2.24) is 20.0 Å². The first-order valence-electron chi connectivity index (χ1n) is 12.8. The van der Waals surface area contributed by atoms with Crippen molar-refractivity contribution in [3.63, 3.8) is 0 Å². The molecule has 1 aliphatic heterocycles. The van der Waals surface area contributed by atoms with Gasteiger partial charge in [0.15, 0.2) is 0 Å². The van der Waals surface area contributed by atoms with E-state index in [0.29, 0.717) is 43.9 Å². The van der Waals surface area contributed by atoms with Gasteiger partial charge in [0.25, 0.3) is 0 Å². The number of alkyl halides is 6. The van der Waals surface area contributed by atoms with Gasteiger partial charge in [0.2, 0.25) is 11.9 Å². The number of hydrogen-bond acceptors (Lipinski definition) is 5. The molecular weight excluding hydrogens is 556 g/mol. The highest BCUT2D eigenvalue weighted by molar-refractivity contribution is 5.92. The van der Waals surface area contributed by atoms with E-state index < -0.39 is 35.6 Å². The van der Waals surface area contributed by atoms with Crippen LogP contribution in [0, 0.1) is 5.41 Å². The Balaban J connectivity index is 1.74. The topological polar surface area (TPSA) is 89.0 Å². The van der Waals surface area contributed by atoms with Gasteiger partial charge in [0, 0.05) is 39.8 Å². The summed E-state index contributed by atoms with van der Waals surface area (Å²) in [6.45, 7) is 2.99. The highest BCUT2D eigenvalue weighted by Crippen LogP contribution is 2.36. The smallest absolute Gasteiger partial charge is 0.416 e. The molecule has 2 N–H and O–H groups in total. The van der Waals surface area contributed by atoms with Gasteiger partial charge in [-0.05, 0) is 42.7 Å². The summed E-state index contributed by atoms with van der Waals surface area (Å²) in [5.41, 5.74) is -2.33. The third-order valence-corrected chi connectivity index (χ3v) is 6.60. The van der Waals surface area contributed by atoms with Crippen molar-refractivity contribution in [1.29, 1.82) is 5.41 Å². The van der Waals surface area contributed by atoms with Gasteiger partial charge in [-0.1, -0.05) is 30.3 Å². The maximum atomic E-state index is 13.6. The van der Waals surface area contributed by atoms with Crippen LogP contribution in [0.5, 0.6) is 0 Å². The molecule has 0 aliphatic carbocycles. The van der Waals surface area contributed by atoms with Gasteiger partial charge in [-0.3, -0.25) is 20.4 Å². The van der Waals surface area contributed by atoms with Crippen LogP contribution in [0.1, 0.15) is 35.2 Å². The van der Waals surface area contributed by atoms with E-state index in [0.717, 1.165) is 0 Å². The fraction of sp³-hybridized carbons (Fsp3) is 0.444. The van der Waals surface area contributed by atoms with Gasteiger partial charge >= 0.3 is 18.4 Å². The monoisotopic (exact) mass is 587 g/mol. The second-order valence-electron chi connectivity index (χ2n) is 9.45. The molecule has 14 heteroatoms. The highest BCUT2D eigenvalue weighted by Gasteiger charge is 2.37. The number of carbonyl (C=O) groups excluding carboxylic acids is 2. The number of halogens is 6. The number of likely N-dealkylation sites (N-methyl/N-ethyl adjacent to an activating group) is 1. The van der Waals surface area contributed by atoms with Crippen LogP contribution in [0.3, 0.4) is 0 Å². The van der Waals surface area contributed by atoms with Gasteiger partial charge in [-0.15, -0.1) is 0 Å². The van der Waals surface area contributed by atoms with E-state index in [1.165, 1.54) is 11.9 Å². The summed E-state index contributed by atoms with van der Waals surface area (Å²) in [7, 11) is 1.45. The predicted molar refractivity (Wildman–Crippen MR) is 138 cm³/mol. The lowest BCUT2D eigenvalue weighted by atomic mass is 10.0. The molecule has 2 amide bonds. The summed E-state index contributed by atoms with van der Waals surface area (Å²) >= 11 is 0. The quantitative estimate of drug-likeness (QED) is 0.277. The number of rotatable bonds is 7. The Bertz CT molecular complexity index is 1180. The molecule has 0 bridgehead atoms. The average molecular weight is 588 g/mol. The van der Waals surface area contributed by atoms with E-state index in [1.807, 2.05) is 4.90 Å². The zero-order valence-corrected chi connectivity index (χ0v) is 22.5. The van der Waals surface area contributed by atoms with Crippen molar-refractivity contribution in [3.8, 4) is 0 Å². The van der Waals surface area contributed by atoms with Crippen molar-refractivity contribution in [3.05, 3.63) is 70.8 Å². The molecule has 2 aromatic rings. The molecule has 1 unspecified atom stereocenters. The van der Waals surface area contributed by atoms with Crippen molar-refractivity contribution in [2.75, 3.05) is 46.4 Å². The van der Waals surface area contributed by atoms with Crippen molar-refractivity contribution in [2.45, 2.75) is 31.7 Å². The molecule has 1 fully saturated rings. The van der Waals surface area contributed by atoms with Crippen LogP contribution in [0.2, 0.25) is 0 Å². The van der Waals surface area contributed by atoms with Crippen molar-refractivity contribution >= 4 is 18.0 Å². The first-order chi connectivity index (χ1) is 19.2. The number of amides is 2. The Hall–Kier alpha value is -3.81. The maximum absolute atomic E-state index is 13.6. The summed E-state index contributed by atoms with van der Waals surface area (Å²) < 4.78 is 84.3. The minimum absolute atomic E-state index is 0.0748. The molecule has 1 aliphatic rings. The molecule has 8 nitrogen and oxygen atoms in total.